The van der Waals surface area contributed by atoms with Crippen molar-refractivity contribution in [2.75, 3.05) is 25.4 Å². The fourth-order valence-electron chi connectivity index (χ4n) is 2.37. The van der Waals surface area contributed by atoms with Crippen LogP contribution in [0.3, 0.4) is 0 Å². The molecule has 0 radical (unpaired) electrons. The third kappa shape index (κ3) is 1.63. The number of piperidine rings is 1. The van der Waals surface area contributed by atoms with Gasteiger partial charge in [-0.1, -0.05) is 6.42 Å². The van der Waals surface area contributed by atoms with Crippen LogP contribution in [-0.4, -0.2) is 41.6 Å². The van der Waals surface area contributed by atoms with E-state index in [4.69, 9.17) is 5.73 Å². The molecule has 0 amide bonds. The number of hydrogen-bond acceptors (Lipinski definition) is 3. The topological polar surface area (TPSA) is 29.3 Å². The van der Waals surface area contributed by atoms with E-state index in [-0.39, 0.29) is 0 Å². The van der Waals surface area contributed by atoms with Crippen molar-refractivity contribution in [1.29, 1.82) is 0 Å². The highest BCUT2D eigenvalue weighted by atomic mass is 32.2. The number of thioether (sulfide) groups is 1. The van der Waals surface area contributed by atoms with Crippen LogP contribution in [0.5, 0.6) is 0 Å². The predicted octanol–water partition coefficient (Wildman–Crippen LogP) is 0.915. The Bertz CT molecular complexity index is 143. The minimum atomic E-state index is 0.721. The normalized spacial score (nSPS) is 37.8. The highest BCUT2D eigenvalue weighted by molar-refractivity contribution is 8.00. The Hall–Kier alpha value is 0.270. The molecule has 0 aromatic rings. The minimum absolute atomic E-state index is 0.721. The number of nitrogens with two attached hydrogens (primary N) is 1. The molecule has 2 unspecified atom stereocenters. The van der Waals surface area contributed by atoms with Gasteiger partial charge in [0.25, 0.3) is 0 Å². The molecule has 2 aliphatic heterocycles. The zero-order valence-electron chi connectivity index (χ0n) is 7.54. The monoisotopic (exact) mass is 186 g/mol. The Balaban J connectivity index is 1.99. The predicted molar refractivity (Wildman–Crippen MR) is 54.5 cm³/mol. The number of fused-ring (bicyclic) bond motifs is 1. The van der Waals surface area contributed by atoms with Crippen LogP contribution in [0.25, 0.3) is 0 Å². The average molecular weight is 186 g/mol. The summed E-state index contributed by atoms with van der Waals surface area (Å²) in [5, 5.41) is 0.721. The van der Waals surface area contributed by atoms with Gasteiger partial charge in [-0.3, -0.25) is 4.90 Å². The average Bonchev–Trinajstić information content (AvgIpc) is 2.17. The van der Waals surface area contributed by atoms with E-state index in [0.29, 0.717) is 0 Å². The lowest BCUT2D eigenvalue weighted by atomic mass is 9.99. The van der Waals surface area contributed by atoms with E-state index >= 15 is 0 Å². The largest absolute Gasteiger partial charge is 0.329 e. The second-order valence-corrected chi connectivity index (χ2v) is 5.09. The third-order valence-corrected chi connectivity index (χ3v) is 4.39. The Morgan fingerprint density at radius 2 is 2.25 bits per heavy atom. The van der Waals surface area contributed by atoms with Gasteiger partial charge in [0, 0.05) is 30.1 Å². The van der Waals surface area contributed by atoms with Crippen LogP contribution in [0.2, 0.25) is 0 Å². The minimum Gasteiger partial charge on any atom is -0.329 e. The quantitative estimate of drug-likeness (QED) is 0.660. The molecule has 2 N–H and O–H groups in total. The van der Waals surface area contributed by atoms with Gasteiger partial charge in [-0.15, -0.1) is 0 Å². The van der Waals surface area contributed by atoms with Crippen LogP contribution in [-0.2, 0) is 0 Å². The first kappa shape index (κ1) is 8.85. The second kappa shape index (κ2) is 3.99. The van der Waals surface area contributed by atoms with Crippen LogP contribution in [0.15, 0.2) is 0 Å². The molecular formula is C9H18N2S. The molecule has 0 aromatic heterocycles. The first-order valence-corrected chi connectivity index (χ1v) is 6.02. The van der Waals surface area contributed by atoms with E-state index in [1.807, 2.05) is 0 Å². The molecular weight excluding hydrogens is 168 g/mol. The number of nitrogens with zero attached hydrogens (tertiary/aromatic N) is 1. The van der Waals surface area contributed by atoms with Gasteiger partial charge in [-0.05, 0) is 19.4 Å². The highest BCUT2D eigenvalue weighted by Gasteiger charge is 2.32. The lowest BCUT2D eigenvalue weighted by Crippen LogP contribution is -2.52. The third-order valence-electron chi connectivity index (χ3n) is 3.04. The van der Waals surface area contributed by atoms with Gasteiger partial charge in [-0.2, -0.15) is 11.8 Å². The van der Waals surface area contributed by atoms with E-state index in [1.165, 1.54) is 38.1 Å². The first-order valence-electron chi connectivity index (χ1n) is 4.97. The maximum absolute atomic E-state index is 5.76. The van der Waals surface area contributed by atoms with Crippen molar-refractivity contribution < 1.29 is 0 Å². The molecule has 0 saturated carbocycles. The van der Waals surface area contributed by atoms with Crippen LogP contribution < -0.4 is 5.73 Å². The molecule has 3 heteroatoms. The molecule has 0 spiro atoms. The van der Waals surface area contributed by atoms with Gasteiger partial charge in [-0.25, -0.2) is 0 Å². The molecule has 0 aromatic carbocycles. The Kier molecular flexibility index (Phi) is 2.94. The Morgan fingerprint density at radius 3 is 3.08 bits per heavy atom. The lowest BCUT2D eigenvalue weighted by Gasteiger charge is -2.43. The molecule has 2 heterocycles. The molecule has 2 aliphatic rings. The molecule has 2 atom stereocenters. The summed E-state index contributed by atoms with van der Waals surface area (Å²) in [5.74, 6) is 1.29. The van der Waals surface area contributed by atoms with Crippen molar-refractivity contribution in [3.63, 3.8) is 0 Å². The van der Waals surface area contributed by atoms with Crippen molar-refractivity contribution in [2.24, 2.45) is 5.73 Å². The number of hydrogen-bond donors (Lipinski definition) is 1. The highest BCUT2D eigenvalue weighted by Crippen LogP contribution is 2.30. The first-order chi connectivity index (χ1) is 5.92. The van der Waals surface area contributed by atoms with Crippen molar-refractivity contribution in [3.05, 3.63) is 0 Å². The summed E-state index contributed by atoms with van der Waals surface area (Å²) in [6, 6.07) is 0.808. The van der Waals surface area contributed by atoms with Gasteiger partial charge >= 0.3 is 0 Å². The van der Waals surface area contributed by atoms with Crippen molar-refractivity contribution >= 4 is 11.8 Å². The molecule has 2 fully saturated rings. The summed E-state index contributed by atoms with van der Waals surface area (Å²) >= 11 is 2.08. The summed E-state index contributed by atoms with van der Waals surface area (Å²) in [6.45, 7) is 3.49. The zero-order valence-corrected chi connectivity index (χ0v) is 8.35. The second-order valence-electron chi connectivity index (χ2n) is 3.74. The maximum atomic E-state index is 5.76. The van der Waals surface area contributed by atoms with E-state index in [9.17, 15) is 0 Å². The van der Waals surface area contributed by atoms with Gasteiger partial charge in [0.05, 0.1) is 0 Å². The van der Waals surface area contributed by atoms with Crippen LogP contribution in [0.1, 0.15) is 19.3 Å². The molecule has 70 valence electrons. The standard InChI is InChI=1S/C9H18N2S/c10-7-9-8-3-1-2-4-11(8)5-6-12-9/h8-9H,1-7,10H2. The fraction of sp³-hybridized carbons (Fsp3) is 1.00. The molecule has 2 saturated heterocycles. The smallest absolute Gasteiger partial charge is 0.0326 e. The molecule has 0 aliphatic carbocycles. The van der Waals surface area contributed by atoms with Gasteiger partial charge in [0.2, 0.25) is 0 Å². The van der Waals surface area contributed by atoms with Gasteiger partial charge in [0.15, 0.2) is 0 Å². The van der Waals surface area contributed by atoms with Crippen LogP contribution in [0, 0.1) is 0 Å². The van der Waals surface area contributed by atoms with Crippen molar-refractivity contribution in [2.45, 2.75) is 30.6 Å². The Labute approximate surface area is 78.9 Å². The lowest BCUT2D eigenvalue weighted by molar-refractivity contribution is 0.149. The van der Waals surface area contributed by atoms with E-state index in [0.717, 1.165) is 17.8 Å². The van der Waals surface area contributed by atoms with Gasteiger partial charge < -0.3 is 5.73 Å². The van der Waals surface area contributed by atoms with E-state index in [1.54, 1.807) is 0 Å². The SMILES string of the molecule is NCC1SCCN2CCCCC12. The molecule has 2 nitrogen and oxygen atoms in total. The zero-order chi connectivity index (χ0) is 8.39. The summed E-state index contributed by atoms with van der Waals surface area (Å²) in [4.78, 5) is 2.65. The van der Waals surface area contributed by atoms with E-state index in [2.05, 4.69) is 16.7 Å². The summed E-state index contributed by atoms with van der Waals surface area (Å²) < 4.78 is 0. The van der Waals surface area contributed by atoms with Crippen LogP contribution >= 0.6 is 11.8 Å². The molecule has 2 rings (SSSR count). The summed E-state index contributed by atoms with van der Waals surface area (Å²) in [7, 11) is 0. The van der Waals surface area contributed by atoms with E-state index < -0.39 is 0 Å². The number of rotatable bonds is 1. The maximum Gasteiger partial charge on any atom is 0.0326 e. The van der Waals surface area contributed by atoms with Crippen molar-refractivity contribution in [3.8, 4) is 0 Å². The molecule has 0 bridgehead atoms. The Morgan fingerprint density at radius 1 is 1.33 bits per heavy atom. The summed E-state index contributed by atoms with van der Waals surface area (Å²) in [6.07, 6.45) is 4.20. The summed E-state index contributed by atoms with van der Waals surface area (Å²) in [5.41, 5.74) is 5.76. The van der Waals surface area contributed by atoms with Crippen molar-refractivity contribution in [1.82, 2.24) is 4.90 Å². The van der Waals surface area contributed by atoms with Gasteiger partial charge in [0.1, 0.15) is 0 Å². The molecule has 12 heavy (non-hydrogen) atoms. The fourth-order valence-corrected chi connectivity index (χ4v) is 3.68. The van der Waals surface area contributed by atoms with Crippen LogP contribution in [0.4, 0.5) is 0 Å².